The van der Waals surface area contributed by atoms with Gasteiger partial charge in [0.15, 0.2) is 5.75 Å². The molecule has 100 valence electrons. The lowest BCUT2D eigenvalue weighted by atomic mass is 10.3. The van der Waals surface area contributed by atoms with E-state index in [2.05, 4.69) is 5.32 Å². The number of halogens is 1. The number of phenolic OH excluding ortho intramolecular Hbond substituents is 1. The number of nitrogens with two attached hydrogens (primary N) is 1. The van der Waals surface area contributed by atoms with Crippen LogP contribution in [0.4, 0.5) is 5.69 Å². The molecule has 1 aromatic rings. The number of aromatic hydroxyl groups is 1. The summed E-state index contributed by atoms with van der Waals surface area (Å²) in [6, 6.07) is 2.74. The summed E-state index contributed by atoms with van der Waals surface area (Å²) in [6.45, 7) is 1.82. The smallest absolute Gasteiger partial charge is 0.248 e. The Morgan fingerprint density at radius 3 is 2.56 bits per heavy atom. The Kier molecular flexibility index (Phi) is 3.67. The van der Waals surface area contributed by atoms with E-state index in [1.54, 1.807) is 0 Å². The Morgan fingerprint density at radius 2 is 1.94 bits per heavy atom. The zero-order valence-corrected chi connectivity index (χ0v) is 11.1. The molecule has 18 heavy (non-hydrogen) atoms. The molecule has 6 nitrogen and oxygen atoms in total. The standard InChI is InChI=1S/C10H14ClN3O3S/c11-7-1-2-8(12)9(15)10(7)18(16,17)14-5-3-13-4-6-14/h1-2,13,15H,3-6,12H2. The molecule has 0 bridgehead atoms. The number of hydrogen-bond donors (Lipinski definition) is 3. The van der Waals surface area contributed by atoms with Crippen LogP contribution >= 0.6 is 11.6 Å². The maximum absolute atomic E-state index is 12.4. The molecule has 0 aliphatic carbocycles. The summed E-state index contributed by atoms with van der Waals surface area (Å²) in [5, 5.41) is 12.8. The van der Waals surface area contributed by atoms with Gasteiger partial charge in [0.05, 0.1) is 10.7 Å². The molecular weight excluding hydrogens is 278 g/mol. The Balaban J connectivity index is 2.50. The molecule has 0 atom stereocenters. The normalized spacial score (nSPS) is 17.8. The molecule has 0 saturated carbocycles. The molecule has 0 radical (unpaired) electrons. The molecule has 0 spiro atoms. The summed E-state index contributed by atoms with van der Waals surface area (Å²) in [6.07, 6.45) is 0. The third-order valence-electron chi connectivity index (χ3n) is 2.79. The van der Waals surface area contributed by atoms with Crippen molar-refractivity contribution in [3.05, 3.63) is 17.2 Å². The first kappa shape index (κ1) is 13.4. The Morgan fingerprint density at radius 1 is 1.33 bits per heavy atom. The highest BCUT2D eigenvalue weighted by molar-refractivity contribution is 7.89. The van der Waals surface area contributed by atoms with Crippen LogP contribution in [0.1, 0.15) is 0 Å². The van der Waals surface area contributed by atoms with E-state index in [9.17, 15) is 13.5 Å². The summed E-state index contributed by atoms with van der Waals surface area (Å²) in [7, 11) is -3.81. The molecule has 1 saturated heterocycles. The van der Waals surface area contributed by atoms with Gasteiger partial charge in [0.2, 0.25) is 10.0 Å². The zero-order valence-electron chi connectivity index (χ0n) is 9.56. The van der Waals surface area contributed by atoms with Crippen LogP contribution in [0.15, 0.2) is 17.0 Å². The van der Waals surface area contributed by atoms with Crippen molar-refractivity contribution in [2.75, 3.05) is 31.9 Å². The number of benzene rings is 1. The van der Waals surface area contributed by atoms with Gasteiger partial charge in [-0.05, 0) is 12.1 Å². The van der Waals surface area contributed by atoms with Crippen LogP contribution in [0.5, 0.6) is 5.75 Å². The van der Waals surface area contributed by atoms with E-state index in [0.717, 1.165) is 0 Å². The molecule has 0 unspecified atom stereocenters. The van der Waals surface area contributed by atoms with Crippen LogP contribution in [-0.4, -0.2) is 44.0 Å². The predicted octanol–water partition coefficient (Wildman–Crippen LogP) is 0.222. The second kappa shape index (κ2) is 4.93. The fourth-order valence-corrected chi connectivity index (χ4v) is 3.86. The van der Waals surface area contributed by atoms with Crippen LogP contribution in [0.25, 0.3) is 0 Å². The fourth-order valence-electron chi connectivity index (χ4n) is 1.82. The zero-order chi connectivity index (χ0) is 13.3. The predicted molar refractivity (Wildman–Crippen MR) is 69.2 cm³/mol. The van der Waals surface area contributed by atoms with Gasteiger partial charge in [0.1, 0.15) is 4.90 Å². The van der Waals surface area contributed by atoms with Gasteiger partial charge in [-0.2, -0.15) is 4.31 Å². The Hall–Kier alpha value is -1.02. The monoisotopic (exact) mass is 291 g/mol. The average Bonchev–Trinajstić information content (AvgIpc) is 2.35. The van der Waals surface area contributed by atoms with Gasteiger partial charge in [-0.25, -0.2) is 8.42 Å². The van der Waals surface area contributed by atoms with Crippen molar-refractivity contribution in [2.24, 2.45) is 0 Å². The maximum atomic E-state index is 12.4. The number of sulfonamides is 1. The summed E-state index contributed by atoms with van der Waals surface area (Å²) in [5.74, 6) is -0.485. The number of hydrogen-bond acceptors (Lipinski definition) is 5. The van der Waals surface area contributed by atoms with Gasteiger partial charge < -0.3 is 16.2 Å². The summed E-state index contributed by atoms with van der Waals surface area (Å²) in [5.41, 5.74) is 5.51. The first-order chi connectivity index (χ1) is 8.44. The fraction of sp³-hybridized carbons (Fsp3) is 0.400. The second-order valence-corrected chi connectivity index (χ2v) is 6.25. The van der Waals surface area contributed by atoms with Crippen LogP contribution in [0, 0.1) is 0 Å². The van der Waals surface area contributed by atoms with Crippen LogP contribution in [0.2, 0.25) is 5.02 Å². The molecule has 8 heteroatoms. The van der Waals surface area contributed by atoms with Crippen LogP contribution < -0.4 is 11.1 Å². The molecule has 2 rings (SSSR count). The quantitative estimate of drug-likeness (QED) is 0.535. The summed E-state index contributed by atoms with van der Waals surface area (Å²) < 4.78 is 26.0. The number of nitrogen functional groups attached to an aromatic ring is 1. The van der Waals surface area contributed by atoms with Crippen LogP contribution in [0.3, 0.4) is 0 Å². The largest absolute Gasteiger partial charge is 0.504 e. The molecule has 1 aliphatic heterocycles. The lowest BCUT2D eigenvalue weighted by molar-refractivity contribution is 0.357. The third-order valence-corrected chi connectivity index (χ3v) is 5.19. The van der Waals surface area contributed by atoms with Gasteiger partial charge in [0, 0.05) is 26.2 Å². The molecule has 1 aromatic carbocycles. The first-order valence-electron chi connectivity index (χ1n) is 5.42. The van der Waals surface area contributed by atoms with Crippen molar-refractivity contribution in [1.82, 2.24) is 9.62 Å². The molecule has 1 aliphatic rings. The number of phenols is 1. The van der Waals surface area contributed by atoms with Crippen molar-refractivity contribution < 1.29 is 13.5 Å². The van der Waals surface area contributed by atoms with Crippen molar-refractivity contribution in [2.45, 2.75) is 4.90 Å². The molecule has 1 fully saturated rings. The van der Waals surface area contributed by atoms with Crippen molar-refractivity contribution >= 4 is 27.3 Å². The van der Waals surface area contributed by atoms with Gasteiger partial charge >= 0.3 is 0 Å². The minimum absolute atomic E-state index is 0.00638. The molecule has 0 amide bonds. The molecule has 4 N–H and O–H groups in total. The van der Waals surface area contributed by atoms with Crippen molar-refractivity contribution in [1.29, 1.82) is 0 Å². The van der Waals surface area contributed by atoms with E-state index in [-0.39, 0.29) is 15.6 Å². The number of rotatable bonds is 2. The number of anilines is 1. The van der Waals surface area contributed by atoms with Crippen molar-refractivity contribution in [3.63, 3.8) is 0 Å². The average molecular weight is 292 g/mol. The number of nitrogens with zero attached hydrogens (tertiary/aromatic N) is 1. The summed E-state index contributed by atoms with van der Waals surface area (Å²) in [4.78, 5) is -0.314. The van der Waals surface area contributed by atoms with Gasteiger partial charge in [-0.3, -0.25) is 0 Å². The maximum Gasteiger partial charge on any atom is 0.248 e. The van der Waals surface area contributed by atoms with Gasteiger partial charge in [-0.1, -0.05) is 11.6 Å². The Labute approximate surface area is 110 Å². The molecule has 0 aromatic heterocycles. The lowest BCUT2D eigenvalue weighted by Gasteiger charge is -2.27. The van der Waals surface area contributed by atoms with Crippen molar-refractivity contribution in [3.8, 4) is 5.75 Å². The van der Waals surface area contributed by atoms with Crippen LogP contribution in [-0.2, 0) is 10.0 Å². The van der Waals surface area contributed by atoms with E-state index in [1.807, 2.05) is 0 Å². The number of piperazine rings is 1. The summed E-state index contributed by atoms with van der Waals surface area (Å²) >= 11 is 5.87. The Bertz CT molecular complexity index is 556. The van der Waals surface area contributed by atoms with E-state index >= 15 is 0 Å². The highest BCUT2D eigenvalue weighted by Gasteiger charge is 2.31. The molecule has 1 heterocycles. The van der Waals surface area contributed by atoms with E-state index in [1.165, 1.54) is 16.4 Å². The minimum atomic E-state index is -3.81. The van der Waals surface area contributed by atoms with Gasteiger partial charge in [-0.15, -0.1) is 0 Å². The third kappa shape index (κ3) is 2.26. The lowest BCUT2D eigenvalue weighted by Crippen LogP contribution is -2.46. The number of nitrogens with one attached hydrogen (secondary N) is 1. The SMILES string of the molecule is Nc1ccc(Cl)c(S(=O)(=O)N2CCNCC2)c1O. The highest BCUT2D eigenvalue weighted by atomic mass is 35.5. The minimum Gasteiger partial charge on any atom is -0.504 e. The van der Waals surface area contributed by atoms with E-state index in [4.69, 9.17) is 17.3 Å². The van der Waals surface area contributed by atoms with E-state index in [0.29, 0.717) is 26.2 Å². The molecular formula is C10H14ClN3O3S. The van der Waals surface area contributed by atoms with Gasteiger partial charge in [0.25, 0.3) is 0 Å². The topological polar surface area (TPSA) is 95.7 Å². The second-order valence-electron chi connectivity index (χ2n) is 3.97. The first-order valence-corrected chi connectivity index (χ1v) is 7.24. The highest BCUT2D eigenvalue weighted by Crippen LogP contribution is 2.36. The van der Waals surface area contributed by atoms with E-state index < -0.39 is 15.8 Å².